The Labute approximate surface area is 118 Å². The van der Waals surface area contributed by atoms with Crippen molar-refractivity contribution >= 4 is 11.8 Å². The lowest BCUT2D eigenvalue weighted by molar-refractivity contribution is -0.168. The van der Waals surface area contributed by atoms with Gasteiger partial charge in [-0.15, -0.1) is 0 Å². The third-order valence-electron chi connectivity index (χ3n) is 4.25. The summed E-state index contributed by atoms with van der Waals surface area (Å²) in [4.78, 5) is 23.2. The minimum absolute atomic E-state index is 0.0163. The van der Waals surface area contributed by atoms with E-state index in [9.17, 15) is 9.59 Å². The predicted molar refractivity (Wildman–Crippen MR) is 74.1 cm³/mol. The number of carboxylic acids is 1. The zero-order valence-corrected chi connectivity index (χ0v) is 11.9. The number of ether oxygens (including phenoxy) is 1. The van der Waals surface area contributed by atoms with E-state index in [1.165, 1.54) is 0 Å². The van der Waals surface area contributed by atoms with Crippen LogP contribution in [0.4, 0.5) is 0 Å². The Balaban J connectivity index is 2.20. The molecule has 110 valence electrons. The molecule has 1 aliphatic carbocycles. The fourth-order valence-electron chi connectivity index (χ4n) is 3.14. The lowest BCUT2D eigenvalue weighted by Gasteiger charge is -2.47. The Kier molecular flexibility index (Phi) is 3.84. The van der Waals surface area contributed by atoms with E-state index >= 15 is 0 Å². The summed E-state index contributed by atoms with van der Waals surface area (Å²) < 4.78 is 5.96. The number of nitrogens with two attached hydrogens (primary N) is 1. The molecule has 4 atom stereocenters. The third-order valence-corrected chi connectivity index (χ3v) is 4.25. The maximum atomic E-state index is 12.2. The van der Waals surface area contributed by atoms with E-state index in [4.69, 9.17) is 15.6 Å². The summed E-state index contributed by atoms with van der Waals surface area (Å²) in [6.45, 7) is 7.12. The van der Waals surface area contributed by atoms with Crippen LogP contribution in [0.5, 0.6) is 0 Å². The highest BCUT2D eigenvalue weighted by molar-refractivity contribution is 5.99. The Bertz CT molecular complexity index is 496. The Morgan fingerprint density at radius 2 is 2.30 bits per heavy atom. The van der Waals surface area contributed by atoms with E-state index in [-0.39, 0.29) is 29.7 Å². The highest BCUT2D eigenvalue weighted by Gasteiger charge is 2.47. The minimum atomic E-state index is -1.04. The summed E-state index contributed by atoms with van der Waals surface area (Å²) in [6, 6.07) is -0.173. The average molecular weight is 279 g/mol. The van der Waals surface area contributed by atoms with Gasteiger partial charge < -0.3 is 15.6 Å². The van der Waals surface area contributed by atoms with Gasteiger partial charge in [0.25, 0.3) is 0 Å². The molecule has 2 rings (SSSR count). The van der Waals surface area contributed by atoms with Crippen LogP contribution in [0, 0.1) is 5.92 Å². The highest BCUT2D eigenvalue weighted by atomic mass is 16.5. The molecule has 0 aromatic carbocycles. The quantitative estimate of drug-likeness (QED) is 0.763. The molecule has 0 unspecified atom stereocenters. The fraction of sp³-hybridized carbons (Fsp3) is 0.600. The molecule has 3 N–H and O–H groups in total. The SMILES string of the molecule is C=C(C[C@]1(C)C[C@H](N)[C@H]2CC=C(C)C(=O)[C@@H]2O1)C(=O)O. The van der Waals surface area contributed by atoms with Gasteiger partial charge in [-0.2, -0.15) is 0 Å². The summed E-state index contributed by atoms with van der Waals surface area (Å²) in [6.07, 6.45) is 2.79. The van der Waals surface area contributed by atoms with E-state index < -0.39 is 17.7 Å². The maximum absolute atomic E-state index is 12.2. The lowest BCUT2D eigenvalue weighted by atomic mass is 9.74. The van der Waals surface area contributed by atoms with Gasteiger partial charge in [-0.3, -0.25) is 4.79 Å². The van der Waals surface area contributed by atoms with Crippen molar-refractivity contribution in [1.29, 1.82) is 0 Å². The maximum Gasteiger partial charge on any atom is 0.331 e. The van der Waals surface area contributed by atoms with E-state index in [1.807, 2.05) is 6.08 Å². The van der Waals surface area contributed by atoms with E-state index in [1.54, 1.807) is 13.8 Å². The van der Waals surface area contributed by atoms with Gasteiger partial charge in [-0.25, -0.2) is 4.79 Å². The largest absolute Gasteiger partial charge is 0.478 e. The summed E-state index contributed by atoms with van der Waals surface area (Å²) in [5.74, 6) is -1.10. The van der Waals surface area contributed by atoms with E-state index in [2.05, 4.69) is 6.58 Å². The van der Waals surface area contributed by atoms with Crippen molar-refractivity contribution in [2.75, 3.05) is 0 Å². The number of carbonyl (C=O) groups excluding carboxylic acids is 1. The molecular formula is C15H21NO4. The van der Waals surface area contributed by atoms with Gasteiger partial charge in [0, 0.05) is 24.0 Å². The van der Waals surface area contributed by atoms with Crippen LogP contribution in [0.3, 0.4) is 0 Å². The summed E-state index contributed by atoms with van der Waals surface area (Å²) in [5, 5.41) is 8.96. The van der Waals surface area contributed by atoms with Gasteiger partial charge in [-0.1, -0.05) is 12.7 Å². The second-order valence-corrected chi connectivity index (χ2v) is 6.09. The number of carbonyl (C=O) groups is 2. The lowest BCUT2D eigenvalue weighted by Crippen LogP contribution is -2.57. The normalized spacial score (nSPS) is 37.0. The number of allylic oxidation sites excluding steroid dienone is 1. The zero-order valence-electron chi connectivity index (χ0n) is 11.9. The second-order valence-electron chi connectivity index (χ2n) is 6.09. The minimum Gasteiger partial charge on any atom is -0.478 e. The molecule has 0 saturated carbocycles. The molecule has 2 aliphatic rings. The van der Waals surface area contributed by atoms with Crippen molar-refractivity contribution in [2.24, 2.45) is 11.7 Å². The van der Waals surface area contributed by atoms with Crippen LogP contribution >= 0.6 is 0 Å². The van der Waals surface area contributed by atoms with Gasteiger partial charge in [0.15, 0.2) is 5.78 Å². The number of ketones is 1. The summed E-state index contributed by atoms with van der Waals surface area (Å²) in [7, 11) is 0. The molecule has 1 saturated heterocycles. The first-order valence-electron chi connectivity index (χ1n) is 6.79. The van der Waals surface area contributed by atoms with Gasteiger partial charge in [0.2, 0.25) is 0 Å². The molecule has 1 fully saturated rings. The number of carboxylic acid groups (broad SMARTS) is 1. The smallest absolute Gasteiger partial charge is 0.331 e. The van der Waals surface area contributed by atoms with Crippen LogP contribution in [0.15, 0.2) is 23.8 Å². The van der Waals surface area contributed by atoms with Gasteiger partial charge in [0.05, 0.1) is 5.60 Å². The van der Waals surface area contributed by atoms with Crippen LogP contribution in [0.25, 0.3) is 0 Å². The van der Waals surface area contributed by atoms with Crippen molar-refractivity contribution in [3.63, 3.8) is 0 Å². The monoisotopic (exact) mass is 279 g/mol. The number of fused-ring (bicyclic) bond motifs is 1. The summed E-state index contributed by atoms with van der Waals surface area (Å²) >= 11 is 0. The number of hydrogen-bond acceptors (Lipinski definition) is 4. The Morgan fingerprint density at radius 1 is 1.65 bits per heavy atom. The van der Waals surface area contributed by atoms with Gasteiger partial charge in [0.1, 0.15) is 6.10 Å². The Hall–Kier alpha value is -1.46. The van der Waals surface area contributed by atoms with Crippen LogP contribution in [0.1, 0.15) is 33.1 Å². The number of hydrogen-bond donors (Lipinski definition) is 2. The van der Waals surface area contributed by atoms with Crippen LogP contribution < -0.4 is 5.73 Å². The first-order valence-corrected chi connectivity index (χ1v) is 6.79. The molecule has 0 radical (unpaired) electrons. The molecule has 5 nitrogen and oxygen atoms in total. The van der Waals surface area contributed by atoms with Crippen molar-refractivity contribution < 1.29 is 19.4 Å². The molecule has 1 heterocycles. The average Bonchev–Trinajstić information content (AvgIpc) is 2.33. The molecular weight excluding hydrogens is 258 g/mol. The van der Waals surface area contributed by atoms with Crippen LogP contribution in [0.2, 0.25) is 0 Å². The molecule has 0 aromatic rings. The van der Waals surface area contributed by atoms with Crippen molar-refractivity contribution in [3.8, 4) is 0 Å². The highest BCUT2D eigenvalue weighted by Crippen LogP contribution is 2.40. The van der Waals surface area contributed by atoms with E-state index in [0.717, 1.165) is 6.42 Å². The van der Waals surface area contributed by atoms with E-state index in [0.29, 0.717) is 12.0 Å². The zero-order chi connectivity index (χ0) is 15.1. The standard InChI is InChI=1S/C15H21NO4/c1-8-4-5-10-11(16)7-15(3,6-9(2)14(18)19)20-13(10)12(8)17/h4,10-11,13H,2,5-7,16H2,1,3H3,(H,18,19)/t10-,11+,13-,15-/m1/s1. The van der Waals surface area contributed by atoms with Crippen molar-refractivity contribution in [2.45, 2.75) is 50.9 Å². The second kappa shape index (κ2) is 5.14. The number of rotatable bonds is 3. The van der Waals surface area contributed by atoms with Gasteiger partial charge >= 0.3 is 5.97 Å². The number of aliphatic carboxylic acids is 1. The molecule has 20 heavy (non-hydrogen) atoms. The first-order chi connectivity index (χ1) is 9.23. The fourth-order valence-corrected chi connectivity index (χ4v) is 3.14. The molecule has 5 heteroatoms. The molecule has 1 aliphatic heterocycles. The van der Waals surface area contributed by atoms with Crippen molar-refractivity contribution in [3.05, 3.63) is 23.8 Å². The molecule has 0 bridgehead atoms. The first kappa shape index (κ1) is 14.9. The van der Waals surface area contributed by atoms with Gasteiger partial charge in [-0.05, 0) is 32.3 Å². The summed E-state index contributed by atoms with van der Waals surface area (Å²) in [5.41, 5.74) is 6.21. The van der Waals surface area contributed by atoms with Crippen LogP contribution in [-0.4, -0.2) is 34.6 Å². The van der Waals surface area contributed by atoms with Crippen LogP contribution in [-0.2, 0) is 14.3 Å². The van der Waals surface area contributed by atoms with Crippen molar-refractivity contribution in [1.82, 2.24) is 0 Å². The third kappa shape index (κ3) is 2.69. The topological polar surface area (TPSA) is 89.6 Å². The molecule has 0 spiro atoms. The molecule has 0 aromatic heterocycles. The predicted octanol–water partition coefficient (Wildman–Crippen LogP) is 1.43. The molecule has 0 amide bonds. The Morgan fingerprint density at radius 3 is 2.90 bits per heavy atom. The number of Topliss-reactive ketones (excluding diaryl/α,β-unsaturated/α-hetero) is 1.